The number of carbonyl (C=O) groups is 2. The minimum Gasteiger partial charge on any atom is -0.340 e. The number of rotatable bonds is 11. The molecule has 1 aromatic rings. The Morgan fingerprint density at radius 3 is 2.00 bits per heavy atom. The molecule has 3 aliphatic rings. The second-order valence-corrected chi connectivity index (χ2v) is 15.4. The zero-order valence-electron chi connectivity index (χ0n) is 26.9. The van der Waals surface area contributed by atoms with Gasteiger partial charge in [0.1, 0.15) is 11.6 Å². The number of halogens is 2. The van der Waals surface area contributed by atoms with Crippen molar-refractivity contribution in [2.75, 3.05) is 78.2 Å². The van der Waals surface area contributed by atoms with E-state index in [2.05, 4.69) is 28.5 Å². The topological polar surface area (TPSA) is 84.5 Å². The van der Waals surface area contributed by atoms with Crippen molar-refractivity contribution < 1.29 is 26.8 Å². The van der Waals surface area contributed by atoms with Crippen LogP contribution in [0.2, 0.25) is 0 Å². The lowest BCUT2D eigenvalue weighted by molar-refractivity contribution is -0.137. The first kappa shape index (κ1) is 34.7. The molecule has 3 fully saturated rings. The van der Waals surface area contributed by atoms with E-state index in [4.69, 9.17) is 0 Å². The Balaban J connectivity index is 1.34. The normalized spacial score (nSPS) is 21.1. The van der Waals surface area contributed by atoms with E-state index >= 15 is 0 Å². The summed E-state index contributed by atoms with van der Waals surface area (Å²) < 4.78 is 54.1. The lowest BCUT2D eigenvalue weighted by Crippen LogP contribution is -2.54. The van der Waals surface area contributed by atoms with Gasteiger partial charge in [-0.3, -0.25) is 14.5 Å². The third-order valence-corrected chi connectivity index (χ3v) is 11.0. The molecule has 0 N–H and O–H groups in total. The van der Waals surface area contributed by atoms with Crippen LogP contribution in [0.3, 0.4) is 0 Å². The van der Waals surface area contributed by atoms with Gasteiger partial charge in [0.05, 0.1) is 12.8 Å². The maximum absolute atomic E-state index is 14.3. The van der Waals surface area contributed by atoms with Crippen molar-refractivity contribution in [1.82, 2.24) is 23.9 Å². The fourth-order valence-electron chi connectivity index (χ4n) is 7.20. The molecule has 0 spiro atoms. The Labute approximate surface area is 262 Å². The van der Waals surface area contributed by atoms with Crippen molar-refractivity contribution in [2.24, 2.45) is 11.8 Å². The Morgan fingerprint density at radius 1 is 0.886 bits per heavy atom. The van der Waals surface area contributed by atoms with Crippen LogP contribution in [0.15, 0.2) is 18.2 Å². The molecule has 1 aromatic carbocycles. The zero-order chi connectivity index (χ0) is 32.0. The SMILES string of the molecule is CC(=O)N1CCN(CC(=O)N(CC(C)C)C2CCN(CC[C@@H](c3cc(F)cc(F)c3)C3CCN(S(C)(=O)=O)CC3)CC2)CC1. The molecule has 3 aliphatic heterocycles. The van der Waals surface area contributed by atoms with Crippen LogP contribution in [0.5, 0.6) is 0 Å². The lowest BCUT2D eigenvalue weighted by Gasteiger charge is -2.41. The first-order valence-electron chi connectivity index (χ1n) is 16.2. The van der Waals surface area contributed by atoms with Crippen molar-refractivity contribution in [3.63, 3.8) is 0 Å². The molecule has 3 saturated heterocycles. The monoisotopic (exact) mass is 639 g/mol. The highest BCUT2D eigenvalue weighted by Gasteiger charge is 2.33. The molecular weight excluding hydrogens is 588 g/mol. The van der Waals surface area contributed by atoms with Crippen molar-refractivity contribution >= 4 is 21.8 Å². The van der Waals surface area contributed by atoms with E-state index in [-0.39, 0.29) is 29.7 Å². The van der Waals surface area contributed by atoms with Crippen LogP contribution >= 0.6 is 0 Å². The van der Waals surface area contributed by atoms with E-state index in [9.17, 15) is 26.8 Å². The molecule has 248 valence electrons. The van der Waals surface area contributed by atoms with Gasteiger partial charge in [-0.05, 0) is 74.1 Å². The summed E-state index contributed by atoms with van der Waals surface area (Å²) >= 11 is 0. The number of benzene rings is 1. The lowest BCUT2D eigenvalue weighted by atomic mass is 9.78. The molecule has 3 heterocycles. The third kappa shape index (κ3) is 9.67. The van der Waals surface area contributed by atoms with E-state index in [0.29, 0.717) is 70.1 Å². The van der Waals surface area contributed by atoms with Gasteiger partial charge in [-0.15, -0.1) is 0 Å². The van der Waals surface area contributed by atoms with Crippen molar-refractivity contribution in [1.29, 1.82) is 0 Å². The maximum atomic E-state index is 14.3. The van der Waals surface area contributed by atoms with Crippen LogP contribution in [0.4, 0.5) is 8.78 Å². The Bertz CT molecular complexity index is 1200. The molecule has 0 bridgehead atoms. The molecule has 0 radical (unpaired) electrons. The summed E-state index contributed by atoms with van der Waals surface area (Å²) in [6.45, 7) is 13.0. The molecule has 12 heteroatoms. The van der Waals surface area contributed by atoms with Crippen molar-refractivity contribution in [3.05, 3.63) is 35.4 Å². The average molecular weight is 640 g/mol. The first-order chi connectivity index (χ1) is 20.8. The Hall–Kier alpha value is -2.15. The molecule has 9 nitrogen and oxygen atoms in total. The van der Waals surface area contributed by atoms with Gasteiger partial charge in [0.15, 0.2) is 0 Å². The van der Waals surface area contributed by atoms with Crippen LogP contribution in [-0.4, -0.2) is 128 Å². The Kier molecular flexibility index (Phi) is 12.2. The van der Waals surface area contributed by atoms with Crippen LogP contribution in [0.25, 0.3) is 0 Å². The molecule has 0 aromatic heterocycles. The molecule has 0 unspecified atom stereocenters. The van der Waals surface area contributed by atoms with Crippen LogP contribution in [0, 0.1) is 23.5 Å². The fourth-order valence-corrected chi connectivity index (χ4v) is 8.07. The second kappa shape index (κ2) is 15.4. The van der Waals surface area contributed by atoms with E-state index < -0.39 is 21.7 Å². The number of carbonyl (C=O) groups excluding carboxylic acids is 2. The minimum atomic E-state index is -3.26. The largest absolute Gasteiger partial charge is 0.340 e. The summed E-state index contributed by atoms with van der Waals surface area (Å²) in [5.41, 5.74) is 0.646. The summed E-state index contributed by atoms with van der Waals surface area (Å²) in [5, 5.41) is 0. The highest BCUT2D eigenvalue weighted by molar-refractivity contribution is 7.88. The number of hydrogen-bond donors (Lipinski definition) is 0. The Morgan fingerprint density at radius 2 is 1.48 bits per heavy atom. The first-order valence-corrected chi connectivity index (χ1v) is 18.1. The van der Waals surface area contributed by atoms with Gasteiger partial charge < -0.3 is 14.7 Å². The van der Waals surface area contributed by atoms with Crippen LogP contribution in [0.1, 0.15) is 64.4 Å². The highest BCUT2D eigenvalue weighted by atomic mass is 32.2. The van der Waals surface area contributed by atoms with E-state index in [1.165, 1.54) is 22.7 Å². The van der Waals surface area contributed by atoms with Gasteiger partial charge in [-0.1, -0.05) is 13.8 Å². The highest BCUT2D eigenvalue weighted by Crippen LogP contribution is 2.37. The zero-order valence-corrected chi connectivity index (χ0v) is 27.7. The smallest absolute Gasteiger partial charge is 0.237 e. The number of sulfonamides is 1. The summed E-state index contributed by atoms with van der Waals surface area (Å²) in [5.74, 6) is -0.513. The van der Waals surface area contributed by atoms with E-state index in [1.54, 1.807) is 6.92 Å². The molecule has 0 aliphatic carbocycles. The molecule has 1 atom stereocenters. The number of hydrogen-bond acceptors (Lipinski definition) is 6. The van der Waals surface area contributed by atoms with Crippen molar-refractivity contribution in [2.45, 2.75) is 64.8 Å². The summed E-state index contributed by atoms with van der Waals surface area (Å²) in [7, 11) is -3.26. The van der Waals surface area contributed by atoms with Crippen LogP contribution < -0.4 is 0 Å². The second-order valence-electron chi connectivity index (χ2n) is 13.4. The van der Waals surface area contributed by atoms with Gasteiger partial charge in [0, 0.05) is 77.9 Å². The number of piperidine rings is 2. The fraction of sp³-hybridized carbons (Fsp3) is 0.750. The number of piperazine rings is 1. The molecule has 2 amide bonds. The predicted molar refractivity (Wildman–Crippen MR) is 168 cm³/mol. The standard InChI is InChI=1S/C32H51F2N5O4S/c1-24(2)22-39(32(41)23-36-15-17-37(18-16-36)25(3)40)30-7-10-35(11-8-30)12-9-31(27-19-28(33)21-29(34)20-27)26-5-13-38(14-6-26)44(4,42)43/h19-21,24,26,30-31H,5-18,22-23H2,1-4H3/t31-/m1/s1. The minimum absolute atomic E-state index is 0.0675. The van der Waals surface area contributed by atoms with Gasteiger partial charge >= 0.3 is 0 Å². The van der Waals surface area contributed by atoms with Crippen LogP contribution in [-0.2, 0) is 19.6 Å². The summed E-state index contributed by atoms with van der Waals surface area (Å²) in [6.07, 6.45) is 5.04. The maximum Gasteiger partial charge on any atom is 0.237 e. The molecule has 4 rings (SSSR count). The van der Waals surface area contributed by atoms with Gasteiger partial charge in [-0.25, -0.2) is 21.5 Å². The summed E-state index contributed by atoms with van der Waals surface area (Å²) in [4.78, 5) is 33.6. The van der Waals surface area contributed by atoms with Crippen molar-refractivity contribution in [3.8, 4) is 0 Å². The quantitative estimate of drug-likeness (QED) is 0.370. The number of nitrogens with zero attached hydrogens (tertiary/aromatic N) is 5. The molecular formula is C32H51F2N5O4S. The average Bonchev–Trinajstić information content (AvgIpc) is 2.96. The number of amides is 2. The van der Waals surface area contributed by atoms with Gasteiger partial charge in [0.2, 0.25) is 21.8 Å². The van der Waals surface area contributed by atoms with Gasteiger partial charge in [0.25, 0.3) is 0 Å². The summed E-state index contributed by atoms with van der Waals surface area (Å²) in [6, 6.07) is 3.93. The van der Waals surface area contributed by atoms with Gasteiger partial charge in [-0.2, -0.15) is 0 Å². The predicted octanol–water partition coefficient (Wildman–Crippen LogP) is 3.22. The molecule has 44 heavy (non-hydrogen) atoms. The van der Waals surface area contributed by atoms with E-state index in [1.807, 2.05) is 4.90 Å². The third-order valence-electron chi connectivity index (χ3n) is 9.66. The van der Waals surface area contributed by atoms with E-state index in [0.717, 1.165) is 51.5 Å². The molecule has 0 saturated carbocycles. The number of likely N-dealkylation sites (tertiary alicyclic amines) is 1.